The largest absolute Gasteiger partial charge is 0.310 e. The van der Waals surface area contributed by atoms with Gasteiger partial charge in [0, 0.05) is 33.5 Å². The van der Waals surface area contributed by atoms with Crippen LogP contribution in [0.25, 0.3) is 105 Å². The summed E-state index contributed by atoms with van der Waals surface area (Å²) in [6.45, 7) is 0. The van der Waals surface area contributed by atoms with Gasteiger partial charge in [0.15, 0.2) is 0 Å². The Morgan fingerprint density at radius 2 is 0.729 bits per heavy atom. The lowest BCUT2D eigenvalue weighted by Gasteiger charge is -2.26. The van der Waals surface area contributed by atoms with Gasteiger partial charge in [-0.2, -0.15) is 0 Å². The van der Waals surface area contributed by atoms with Crippen LogP contribution >= 0.6 is 0 Å². The van der Waals surface area contributed by atoms with Gasteiger partial charge >= 0.3 is 0 Å². The van der Waals surface area contributed by atoms with Crippen LogP contribution in [0.1, 0.15) is 0 Å². The highest BCUT2D eigenvalue weighted by molar-refractivity contribution is 6.17. The second-order valence-corrected chi connectivity index (χ2v) is 18.1. The minimum Gasteiger partial charge on any atom is -0.310 e. The molecule has 0 amide bonds. The average molecular weight is 891 g/mol. The molecule has 0 saturated heterocycles. The summed E-state index contributed by atoms with van der Waals surface area (Å²) < 4.78 is 2.41. The van der Waals surface area contributed by atoms with Crippen molar-refractivity contribution in [3.05, 3.63) is 279 Å². The number of para-hydroxylation sites is 1. The second kappa shape index (κ2) is 17.4. The van der Waals surface area contributed by atoms with E-state index < -0.39 is 0 Å². The van der Waals surface area contributed by atoms with Gasteiger partial charge in [0.25, 0.3) is 0 Å². The molecule has 1 aromatic heterocycles. The van der Waals surface area contributed by atoms with Gasteiger partial charge in [-0.3, -0.25) is 0 Å². The van der Waals surface area contributed by atoms with Gasteiger partial charge in [0.05, 0.1) is 11.0 Å². The number of hydrogen-bond donors (Lipinski definition) is 0. The Bertz CT molecular complexity index is 4000. The third-order valence-corrected chi connectivity index (χ3v) is 14.0. The van der Waals surface area contributed by atoms with Crippen molar-refractivity contribution < 1.29 is 0 Å². The first kappa shape index (κ1) is 41.0. The Kier molecular flexibility index (Phi) is 10.2. The number of anilines is 3. The molecule has 0 bridgehead atoms. The zero-order chi connectivity index (χ0) is 46.4. The van der Waals surface area contributed by atoms with E-state index in [2.05, 4.69) is 289 Å². The lowest BCUT2D eigenvalue weighted by atomic mass is 9.96. The van der Waals surface area contributed by atoms with E-state index in [0.29, 0.717) is 0 Å². The molecule has 13 aromatic rings. The predicted octanol–water partition coefficient (Wildman–Crippen LogP) is 18.9. The van der Waals surface area contributed by atoms with Crippen molar-refractivity contribution >= 4 is 60.4 Å². The molecule has 0 spiro atoms. The third kappa shape index (κ3) is 7.40. The lowest BCUT2D eigenvalue weighted by Crippen LogP contribution is -2.10. The Balaban J connectivity index is 0.930. The van der Waals surface area contributed by atoms with Crippen LogP contribution in [-0.4, -0.2) is 4.57 Å². The van der Waals surface area contributed by atoms with Crippen LogP contribution in [-0.2, 0) is 0 Å². The van der Waals surface area contributed by atoms with Gasteiger partial charge in [-0.05, 0) is 150 Å². The average Bonchev–Trinajstić information content (AvgIpc) is 3.78. The molecule has 1 heterocycles. The van der Waals surface area contributed by atoms with Crippen LogP contribution in [0.15, 0.2) is 279 Å². The van der Waals surface area contributed by atoms with Crippen molar-refractivity contribution in [2.24, 2.45) is 0 Å². The smallest absolute Gasteiger partial charge is 0.0547 e. The van der Waals surface area contributed by atoms with Crippen LogP contribution in [0.3, 0.4) is 0 Å². The molecule has 0 fully saturated rings. The molecule has 13 rings (SSSR count). The highest BCUT2D eigenvalue weighted by Crippen LogP contribution is 2.43. The van der Waals surface area contributed by atoms with E-state index in [9.17, 15) is 0 Å². The van der Waals surface area contributed by atoms with Crippen molar-refractivity contribution in [3.63, 3.8) is 0 Å². The maximum Gasteiger partial charge on any atom is 0.0547 e. The second-order valence-electron chi connectivity index (χ2n) is 18.1. The number of aromatic nitrogens is 1. The molecular weight excluding hydrogens is 845 g/mol. The summed E-state index contributed by atoms with van der Waals surface area (Å²) in [7, 11) is 0. The van der Waals surface area contributed by atoms with Gasteiger partial charge in [0.2, 0.25) is 0 Å². The summed E-state index contributed by atoms with van der Waals surface area (Å²) in [6.07, 6.45) is 0. The molecule has 0 N–H and O–H groups in total. The van der Waals surface area contributed by atoms with Crippen molar-refractivity contribution in [3.8, 4) is 61.3 Å². The molecule has 328 valence electrons. The number of benzene rings is 12. The quantitative estimate of drug-likeness (QED) is 0.131. The van der Waals surface area contributed by atoms with Crippen molar-refractivity contribution in [2.75, 3.05) is 4.90 Å². The number of rotatable bonds is 9. The first-order chi connectivity index (χ1) is 34.7. The predicted molar refractivity (Wildman–Crippen MR) is 298 cm³/mol. The molecule has 0 unspecified atom stereocenters. The Morgan fingerprint density at radius 1 is 0.243 bits per heavy atom. The minimum atomic E-state index is 1.08. The van der Waals surface area contributed by atoms with E-state index >= 15 is 0 Å². The Hall–Kier alpha value is -9.24. The van der Waals surface area contributed by atoms with Crippen molar-refractivity contribution in [2.45, 2.75) is 0 Å². The standard InChI is InChI=1S/C68H46N2/c1-4-14-47(15-5-1)49-26-28-50(29-27-49)51-32-38-59(39-33-51)69(60-40-34-52(35-41-60)54-36-42-63-57(44-54)31-30-53-18-10-11-23-62(53)63)61-22-12-19-56(45-61)64-24-13-25-67-68(64)65-46-55(48-16-6-2-7-17-48)37-43-66(65)70(67)58-20-8-3-9-21-58/h1-46H. The van der Waals surface area contributed by atoms with E-state index in [1.165, 1.54) is 93.4 Å². The molecular formula is C68H46N2. The fourth-order valence-electron chi connectivity index (χ4n) is 10.5. The first-order valence-corrected chi connectivity index (χ1v) is 24.1. The maximum atomic E-state index is 2.41. The topological polar surface area (TPSA) is 8.17 Å². The lowest BCUT2D eigenvalue weighted by molar-refractivity contribution is 1.18. The molecule has 0 aliphatic heterocycles. The molecule has 12 aromatic carbocycles. The fraction of sp³-hybridized carbons (Fsp3) is 0. The van der Waals surface area contributed by atoms with Crippen LogP contribution < -0.4 is 4.90 Å². The van der Waals surface area contributed by atoms with Gasteiger partial charge in [0.1, 0.15) is 0 Å². The van der Waals surface area contributed by atoms with Gasteiger partial charge in [-0.25, -0.2) is 0 Å². The summed E-state index contributed by atoms with van der Waals surface area (Å²) in [5.41, 5.74) is 18.7. The molecule has 2 heteroatoms. The molecule has 70 heavy (non-hydrogen) atoms. The highest BCUT2D eigenvalue weighted by Gasteiger charge is 2.20. The molecule has 0 atom stereocenters. The van der Waals surface area contributed by atoms with E-state index in [0.717, 1.165) is 28.3 Å². The number of fused-ring (bicyclic) bond motifs is 6. The Morgan fingerprint density at radius 3 is 1.41 bits per heavy atom. The van der Waals surface area contributed by atoms with Gasteiger partial charge in [-0.15, -0.1) is 0 Å². The molecule has 2 nitrogen and oxygen atoms in total. The van der Waals surface area contributed by atoms with Crippen LogP contribution in [0, 0.1) is 0 Å². The van der Waals surface area contributed by atoms with E-state index in [1.807, 2.05) is 0 Å². The maximum absolute atomic E-state index is 2.41. The van der Waals surface area contributed by atoms with E-state index in [4.69, 9.17) is 0 Å². The summed E-state index contributed by atoms with van der Waals surface area (Å²) in [6, 6.07) is 102. The fourth-order valence-corrected chi connectivity index (χ4v) is 10.5. The Labute approximate surface area is 408 Å². The molecule has 0 radical (unpaired) electrons. The van der Waals surface area contributed by atoms with Crippen LogP contribution in [0.5, 0.6) is 0 Å². The van der Waals surface area contributed by atoms with Gasteiger partial charge < -0.3 is 9.47 Å². The van der Waals surface area contributed by atoms with Crippen molar-refractivity contribution in [1.82, 2.24) is 4.57 Å². The minimum absolute atomic E-state index is 1.08. The third-order valence-electron chi connectivity index (χ3n) is 14.0. The monoisotopic (exact) mass is 890 g/mol. The SMILES string of the molecule is c1ccc(-c2ccc(-c3ccc(N(c4ccc(-c5ccc6c(ccc7ccccc76)c5)cc4)c4cccc(-c5cccc6c5c5cc(-c7ccccc7)ccc5n6-c5ccccc5)c4)cc3)cc2)cc1. The molecule has 0 aliphatic rings. The molecule has 0 saturated carbocycles. The first-order valence-electron chi connectivity index (χ1n) is 24.1. The summed E-state index contributed by atoms with van der Waals surface area (Å²) in [5.74, 6) is 0. The van der Waals surface area contributed by atoms with Crippen molar-refractivity contribution in [1.29, 1.82) is 0 Å². The van der Waals surface area contributed by atoms with Crippen LogP contribution in [0.2, 0.25) is 0 Å². The summed E-state index contributed by atoms with van der Waals surface area (Å²) in [4.78, 5) is 2.39. The number of nitrogens with zero attached hydrogens (tertiary/aromatic N) is 2. The van der Waals surface area contributed by atoms with E-state index in [1.54, 1.807) is 0 Å². The zero-order valence-electron chi connectivity index (χ0n) is 38.5. The van der Waals surface area contributed by atoms with Crippen LogP contribution in [0.4, 0.5) is 17.1 Å². The zero-order valence-corrected chi connectivity index (χ0v) is 38.5. The van der Waals surface area contributed by atoms with E-state index in [-0.39, 0.29) is 0 Å². The summed E-state index contributed by atoms with van der Waals surface area (Å²) >= 11 is 0. The summed E-state index contributed by atoms with van der Waals surface area (Å²) in [5, 5.41) is 7.52. The normalized spacial score (nSPS) is 11.4. The number of hydrogen-bond acceptors (Lipinski definition) is 1. The highest BCUT2D eigenvalue weighted by atomic mass is 15.1. The van der Waals surface area contributed by atoms with Gasteiger partial charge in [-0.1, -0.05) is 206 Å². The molecule has 0 aliphatic carbocycles.